The molecule has 35 heavy (non-hydrogen) atoms. The molecule has 1 unspecified atom stereocenters. The summed E-state index contributed by atoms with van der Waals surface area (Å²) in [6, 6.07) is 17.4. The average molecular weight is 480 g/mol. The highest BCUT2D eigenvalue weighted by Crippen LogP contribution is 2.32. The molecule has 0 fully saturated rings. The fourth-order valence-corrected chi connectivity index (χ4v) is 3.91. The Bertz CT molecular complexity index is 1050. The van der Waals surface area contributed by atoms with E-state index in [0.717, 1.165) is 29.2 Å². The van der Waals surface area contributed by atoms with Gasteiger partial charge in [0, 0.05) is 19.6 Å². The van der Waals surface area contributed by atoms with Gasteiger partial charge in [-0.05, 0) is 49.2 Å². The van der Waals surface area contributed by atoms with Crippen molar-refractivity contribution in [2.45, 2.75) is 33.4 Å². The number of benzene rings is 2. The number of aliphatic hydroxyl groups is 1. The van der Waals surface area contributed by atoms with Crippen LogP contribution in [-0.2, 0) is 11.3 Å². The molecule has 188 valence electrons. The van der Waals surface area contributed by atoms with Crippen LogP contribution in [0.25, 0.3) is 5.69 Å². The molecule has 1 aromatic heterocycles. The summed E-state index contributed by atoms with van der Waals surface area (Å²) >= 11 is 0. The maximum atomic E-state index is 10.6. The van der Waals surface area contributed by atoms with E-state index < -0.39 is 6.10 Å². The summed E-state index contributed by atoms with van der Waals surface area (Å²) in [5, 5.41) is 15.4. The van der Waals surface area contributed by atoms with Crippen LogP contribution in [0, 0.1) is 12.8 Å². The monoisotopic (exact) mass is 479 g/mol. The van der Waals surface area contributed by atoms with Gasteiger partial charge in [-0.25, -0.2) is 4.68 Å². The van der Waals surface area contributed by atoms with Gasteiger partial charge in [-0.2, -0.15) is 5.10 Å². The summed E-state index contributed by atoms with van der Waals surface area (Å²) in [6.45, 7) is 12.6. The Labute approximate surface area is 208 Å². The topological polar surface area (TPSA) is 69.0 Å². The number of hydrogen-bond donors (Lipinski definition) is 1. The third-order valence-corrected chi connectivity index (χ3v) is 5.43. The second-order valence-corrected chi connectivity index (χ2v) is 8.96. The van der Waals surface area contributed by atoms with Gasteiger partial charge < -0.3 is 19.3 Å². The molecular weight excluding hydrogens is 442 g/mol. The summed E-state index contributed by atoms with van der Waals surface area (Å²) in [7, 11) is 1.64. The van der Waals surface area contributed by atoms with Gasteiger partial charge in [0.25, 0.3) is 0 Å². The Morgan fingerprint density at radius 1 is 1.06 bits per heavy atom. The number of hydrogen-bond acceptors (Lipinski definition) is 6. The normalized spacial score (nSPS) is 12.2. The Morgan fingerprint density at radius 3 is 2.37 bits per heavy atom. The lowest BCUT2D eigenvalue weighted by molar-refractivity contribution is 0.0222. The molecule has 0 aliphatic carbocycles. The standard InChI is InChI=1S/C28H37N3O4/c1-6-16-34-20-24(32)18-30(17-21(2)3)19-27-22(4)29-31(23-10-8-7-9-11-23)28(27)35-26-14-12-25(33-5)13-15-26/h6-15,21,24,32H,1,16-20H2,2-5H3. The van der Waals surface area contributed by atoms with E-state index in [-0.39, 0.29) is 6.61 Å². The summed E-state index contributed by atoms with van der Waals surface area (Å²) in [4.78, 5) is 2.23. The SMILES string of the molecule is C=CCOCC(O)CN(Cc1c(C)nn(-c2ccccc2)c1Oc1ccc(OC)cc1)CC(C)C. The van der Waals surface area contributed by atoms with Crippen LogP contribution in [0.15, 0.2) is 67.3 Å². The molecule has 2 aromatic carbocycles. The number of rotatable bonds is 14. The van der Waals surface area contributed by atoms with Crippen molar-refractivity contribution in [1.29, 1.82) is 0 Å². The van der Waals surface area contributed by atoms with Gasteiger partial charge in [0.15, 0.2) is 0 Å². The quantitative estimate of drug-likeness (QED) is 0.259. The predicted molar refractivity (Wildman–Crippen MR) is 139 cm³/mol. The fraction of sp³-hybridized carbons (Fsp3) is 0.393. The molecule has 3 rings (SSSR count). The lowest BCUT2D eigenvalue weighted by Crippen LogP contribution is -2.37. The number of methoxy groups -OCH3 is 1. The van der Waals surface area contributed by atoms with Crippen molar-refractivity contribution in [2.75, 3.05) is 33.4 Å². The second kappa shape index (κ2) is 13.1. The third-order valence-electron chi connectivity index (χ3n) is 5.43. The number of aryl methyl sites for hydroxylation is 1. The zero-order chi connectivity index (χ0) is 25.2. The first-order chi connectivity index (χ1) is 16.9. The molecule has 0 saturated heterocycles. The summed E-state index contributed by atoms with van der Waals surface area (Å²) < 4.78 is 19.0. The molecule has 1 N–H and O–H groups in total. The van der Waals surface area contributed by atoms with Crippen LogP contribution < -0.4 is 9.47 Å². The van der Waals surface area contributed by atoms with Gasteiger partial charge in [0.2, 0.25) is 5.88 Å². The molecule has 1 heterocycles. The lowest BCUT2D eigenvalue weighted by Gasteiger charge is -2.27. The van der Waals surface area contributed by atoms with Crippen LogP contribution >= 0.6 is 0 Å². The van der Waals surface area contributed by atoms with Gasteiger partial charge >= 0.3 is 0 Å². The third kappa shape index (κ3) is 7.68. The van der Waals surface area contributed by atoms with Gasteiger partial charge in [-0.15, -0.1) is 6.58 Å². The molecule has 0 amide bonds. The highest BCUT2D eigenvalue weighted by Gasteiger charge is 2.23. The zero-order valence-corrected chi connectivity index (χ0v) is 21.2. The molecule has 0 radical (unpaired) electrons. The van der Waals surface area contributed by atoms with Crippen LogP contribution in [0.5, 0.6) is 17.4 Å². The lowest BCUT2D eigenvalue weighted by atomic mass is 10.1. The van der Waals surface area contributed by atoms with Crippen molar-refractivity contribution in [2.24, 2.45) is 5.92 Å². The smallest absolute Gasteiger partial charge is 0.227 e. The summed E-state index contributed by atoms with van der Waals surface area (Å²) in [5.74, 6) is 2.54. The minimum absolute atomic E-state index is 0.262. The molecular formula is C28H37N3O4. The zero-order valence-electron chi connectivity index (χ0n) is 21.2. The van der Waals surface area contributed by atoms with E-state index in [4.69, 9.17) is 19.3 Å². The second-order valence-electron chi connectivity index (χ2n) is 8.96. The van der Waals surface area contributed by atoms with Crippen LogP contribution in [0.1, 0.15) is 25.1 Å². The average Bonchev–Trinajstić information content (AvgIpc) is 3.14. The van der Waals surface area contributed by atoms with Crippen molar-refractivity contribution >= 4 is 0 Å². The minimum Gasteiger partial charge on any atom is -0.497 e. The first-order valence-corrected chi connectivity index (χ1v) is 12.0. The van der Waals surface area contributed by atoms with Crippen LogP contribution in [0.3, 0.4) is 0 Å². The Morgan fingerprint density at radius 2 is 1.74 bits per heavy atom. The molecule has 7 nitrogen and oxygen atoms in total. The molecule has 7 heteroatoms. The summed E-state index contributed by atoms with van der Waals surface area (Å²) in [5.41, 5.74) is 2.77. The van der Waals surface area contributed by atoms with E-state index in [1.807, 2.05) is 66.2 Å². The van der Waals surface area contributed by atoms with Crippen LogP contribution in [0.2, 0.25) is 0 Å². The molecule has 0 aliphatic heterocycles. The number of nitrogens with zero attached hydrogens (tertiary/aromatic N) is 3. The van der Waals surface area contributed by atoms with Gasteiger partial charge in [0.05, 0.1) is 43.4 Å². The Hall–Kier alpha value is -3.13. The van der Waals surface area contributed by atoms with E-state index in [9.17, 15) is 5.11 Å². The van der Waals surface area contributed by atoms with Crippen molar-refractivity contribution in [3.05, 3.63) is 78.5 Å². The highest BCUT2D eigenvalue weighted by atomic mass is 16.5. The summed E-state index contributed by atoms with van der Waals surface area (Å²) in [6.07, 6.45) is 1.08. The van der Waals surface area contributed by atoms with E-state index in [1.54, 1.807) is 13.2 Å². The maximum absolute atomic E-state index is 10.6. The predicted octanol–water partition coefficient (Wildman–Crippen LogP) is 5.00. The molecule has 1 atom stereocenters. The van der Waals surface area contributed by atoms with Crippen molar-refractivity contribution in [3.8, 4) is 23.1 Å². The molecule has 0 bridgehead atoms. The molecule has 0 aliphatic rings. The largest absolute Gasteiger partial charge is 0.497 e. The van der Waals surface area contributed by atoms with E-state index in [0.29, 0.717) is 37.2 Å². The van der Waals surface area contributed by atoms with Crippen molar-refractivity contribution < 1.29 is 19.3 Å². The Balaban J connectivity index is 1.93. The fourth-order valence-electron chi connectivity index (χ4n) is 3.91. The van der Waals surface area contributed by atoms with Crippen LogP contribution in [0.4, 0.5) is 0 Å². The van der Waals surface area contributed by atoms with Crippen molar-refractivity contribution in [3.63, 3.8) is 0 Å². The number of ether oxygens (including phenoxy) is 3. The first kappa shape index (κ1) is 26.5. The minimum atomic E-state index is -0.607. The van der Waals surface area contributed by atoms with Gasteiger partial charge in [-0.3, -0.25) is 4.90 Å². The number of aliphatic hydroxyl groups excluding tert-OH is 1. The number of aromatic nitrogens is 2. The van der Waals surface area contributed by atoms with E-state index in [2.05, 4.69) is 25.3 Å². The van der Waals surface area contributed by atoms with E-state index >= 15 is 0 Å². The molecule has 0 spiro atoms. The van der Waals surface area contributed by atoms with E-state index in [1.165, 1.54) is 0 Å². The Kier molecular flexibility index (Phi) is 9.90. The number of para-hydroxylation sites is 1. The molecule has 3 aromatic rings. The molecule has 0 saturated carbocycles. The van der Waals surface area contributed by atoms with Crippen LogP contribution in [-0.4, -0.2) is 59.3 Å². The van der Waals surface area contributed by atoms with Crippen molar-refractivity contribution in [1.82, 2.24) is 14.7 Å². The van der Waals surface area contributed by atoms with Gasteiger partial charge in [0.1, 0.15) is 11.5 Å². The maximum Gasteiger partial charge on any atom is 0.227 e. The van der Waals surface area contributed by atoms with Gasteiger partial charge in [-0.1, -0.05) is 38.1 Å². The highest BCUT2D eigenvalue weighted by molar-refractivity contribution is 5.44. The first-order valence-electron chi connectivity index (χ1n) is 12.0.